The molecule has 0 atom stereocenters. The summed E-state index contributed by atoms with van der Waals surface area (Å²) in [6, 6.07) is 5.15. The highest BCUT2D eigenvalue weighted by Crippen LogP contribution is 2.28. The van der Waals surface area contributed by atoms with Gasteiger partial charge in [-0.1, -0.05) is 12.1 Å². The zero-order valence-corrected chi connectivity index (χ0v) is 9.48. The number of halogens is 2. The molecule has 76 valence electrons. The number of nitrogens with one attached hydrogen (secondary N) is 1. The summed E-state index contributed by atoms with van der Waals surface area (Å²) in [6.07, 6.45) is 2.69. The first kappa shape index (κ1) is 10.1. The summed E-state index contributed by atoms with van der Waals surface area (Å²) in [4.78, 5) is 0. The molecule has 1 saturated carbocycles. The summed E-state index contributed by atoms with van der Waals surface area (Å²) in [5.41, 5.74) is 0.991. The molecule has 0 heterocycles. The summed E-state index contributed by atoms with van der Waals surface area (Å²) in [6.45, 7) is 1.80. The quantitative estimate of drug-likeness (QED) is 0.875. The van der Waals surface area contributed by atoms with Gasteiger partial charge in [-0.2, -0.15) is 0 Å². The van der Waals surface area contributed by atoms with Crippen LogP contribution >= 0.6 is 15.9 Å². The lowest BCUT2D eigenvalue weighted by atomic mass is 10.2. The predicted molar refractivity (Wildman–Crippen MR) is 58.5 cm³/mol. The van der Waals surface area contributed by atoms with E-state index in [1.54, 1.807) is 6.07 Å². The topological polar surface area (TPSA) is 12.0 Å². The molecule has 1 fully saturated rings. The SMILES string of the molecule is Fc1cccc(CNCC2CC2)c1Br. The lowest BCUT2D eigenvalue weighted by Crippen LogP contribution is -2.16. The number of hydrogen-bond acceptors (Lipinski definition) is 1. The van der Waals surface area contributed by atoms with E-state index in [9.17, 15) is 4.39 Å². The molecule has 1 aromatic rings. The fourth-order valence-electron chi connectivity index (χ4n) is 1.42. The Morgan fingerprint density at radius 3 is 2.93 bits per heavy atom. The lowest BCUT2D eigenvalue weighted by molar-refractivity contribution is 0.605. The Balaban J connectivity index is 1.90. The van der Waals surface area contributed by atoms with Crippen molar-refractivity contribution in [2.75, 3.05) is 6.54 Å². The van der Waals surface area contributed by atoms with Crippen LogP contribution in [0.3, 0.4) is 0 Å². The molecule has 0 aliphatic heterocycles. The molecular weight excluding hydrogens is 245 g/mol. The van der Waals surface area contributed by atoms with Crippen LogP contribution in [0.1, 0.15) is 18.4 Å². The third-order valence-corrected chi connectivity index (χ3v) is 3.37. The molecule has 0 bridgehead atoms. The lowest BCUT2D eigenvalue weighted by Gasteiger charge is -2.06. The summed E-state index contributed by atoms with van der Waals surface area (Å²) in [7, 11) is 0. The van der Waals surface area contributed by atoms with Crippen molar-refractivity contribution in [3.63, 3.8) is 0 Å². The van der Waals surface area contributed by atoms with Crippen LogP contribution < -0.4 is 5.32 Å². The monoisotopic (exact) mass is 257 g/mol. The van der Waals surface area contributed by atoms with Gasteiger partial charge >= 0.3 is 0 Å². The van der Waals surface area contributed by atoms with Crippen LogP contribution in [0.2, 0.25) is 0 Å². The molecule has 2 rings (SSSR count). The largest absolute Gasteiger partial charge is 0.312 e. The molecule has 14 heavy (non-hydrogen) atoms. The second-order valence-corrected chi connectivity index (χ2v) is 4.58. The smallest absolute Gasteiger partial charge is 0.137 e. The minimum atomic E-state index is -0.185. The number of rotatable bonds is 4. The average molecular weight is 258 g/mol. The highest BCUT2D eigenvalue weighted by atomic mass is 79.9. The molecule has 0 unspecified atom stereocenters. The van der Waals surface area contributed by atoms with Crippen LogP contribution in [0.15, 0.2) is 22.7 Å². The molecule has 0 spiro atoms. The van der Waals surface area contributed by atoms with E-state index >= 15 is 0 Å². The Bertz CT molecular complexity index is 323. The third kappa shape index (κ3) is 2.55. The van der Waals surface area contributed by atoms with Crippen molar-refractivity contribution >= 4 is 15.9 Å². The van der Waals surface area contributed by atoms with Gasteiger partial charge in [0, 0.05) is 6.54 Å². The standard InChI is InChI=1S/C11H13BrFN/c12-11-9(2-1-3-10(11)13)7-14-6-8-4-5-8/h1-3,8,14H,4-7H2. The zero-order valence-electron chi connectivity index (χ0n) is 7.89. The fraction of sp³-hybridized carbons (Fsp3) is 0.455. The molecule has 0 aromatic heterocycles. The summed E-state index contributed by atoms with van der Waals surface area (Å²) in [5, 5.41) is 3.34. The minimum absolute atomic E-state index is 0.185. The Labute approximate surface area is 91.8 Å². The first-order chi connectivity index (χ1) is 6.77. The van der Waals surface area contributed by atoms with Crippen molar-refractivity contribution in [1.82, 2.24) is 5.32 Å². The molecule has 0 saturated heterocycles. The van der Waals surface area contributed by atoms with Gasteiger partial charge in [0.25, 0.3) is 0 Å². The first-order valence-corrected chi connectivity index (χ1v) is 5.70. The van der Waals surface area contributed by atoms with E-state index in [1.165, 1.54) is 18.9 Å². The van der Waals surface area contributed by atoms with Gasteiger partial charge in [0.1, 0.15) is 5.82 Å². The number of hydrogen-bond donors (Lipinski definition) is 1. The predicted octanol–water partition coefficient (Wildman–Crippen LogP) is 3.09. The van der Waals surface area contributed by atoms with Gasteiger partial charge in [-0.15, -0.1) is 0 Å². The Morgan fingerprint density at radius 2 is 2.21 bits per heavy atom. The van der Waals surface area contributed by atoms with Crippen molar-refractivity contribution in [3.05, 3.63) is 34.1 Å². The van der Waals surface area contributed by atoms with Crippen LogP contribution in [-0.2, 0) is 6.54 Å². The van der Waals surface area contributed by atoms with Gasteiger partial charge in [-0.05, 0) is 52.9 Å². The van der Waals surface area contributed by atoms with Crippen LogP contribution in [0.4, 0.5) is 4.39 Å². The van der Waals surface area contributed by atoms with Crippen molar-refractivity contribution in [1.29, 1.82) is 0 Å². The molecular formula is C11H13BrFN. The highest BCUT2D eigenvalue weighted by molar-refractivity contribution is 9.10. The fourth-order valence-corrected chi connectivity index (χ4v) is 1.82. The van der Waals surface area contributed by atoms with Crippen molar-refractivity contribution in [3.8, 4) is 0 Å². The van der Waals surface area contributed by atoms with Crippen LogP contribution in [-0.4, -0.2) is 6.54 Å². The van der Waals surface area contributed by atoms with Crippen molar-refractivity contribution in [2.45, 2.75) is 19.4 Å². The maximum absolute atomic E-state index is 13.1. The van der Waals surface area contributed by atoms with E-state index < -0.39 is 0 Å². The third-order valence-electron chi connectivity index (χ3n) is 2.48. The summed E-state index contributed by atoms with van der Waals surface area (Å²) < 4.78 is 13.7. The van der Waals surface area contributed by atoms with E-state index in [-0.39, 0.29) is 5.82 Å². The van der Waals surface area contributed by atoms with Crippen molar-refractivity contribution < 1.29 is 4.39 Å². The maximum Gasteiger partial charge on any atom is 0.137 e. The molecule has 1 nitrogen and oxygen atoms in total. The highest BCUT2D eigenvalue weighted by Gasteiger charge is 2.20. The molecule has 1 aromatic carbocycles. The molecule has 1 N–H and O–H groups in total. The normalized spacial score (nSPS) is 15.9. The molecule has 3 heteroatoms. The first-order valence-electron chi connectivity index (χ1n) is 4.91. The van der Waals surface area contributed by atoms with Crippen LogP contribution in [0.25, 0.3) is 0 Å². The Hall–Kier alpha value is -0.410. The zero-order chi connectivity index (χ0) is 9.97. The second kappa shape index (κ2) is 4.41. The number of benzene rings is 1. The minimum Gasteiger partial charge on any atom is -0.312 e. The summed E-state index contributed by atoms with van der Waals surface area (Å²) >= 11 is 3.25. The van der Waals surface area contributed by atoms with Gasteiger partial charge in [-0.3, -0.25) is 0 Å². The maximum atomic E-state index is 13.1. The van der Waals surface area contributed by atoms with Gasteiger partial charge in [0.05, 0.1) is 4.47 Å². The van der Waals surface area contributed by atoms with E-state index in [1.807, 2.05) is 6.07 Å². The molecule has 0 amide bonds. The molecule has 0 radical (unpaired) electrons. The van der Waals surface area contributed by atoms with Gasteiger partial charge < -0.3 is 5.32 Å². The van der Waals surface area contributed by atoms with Gasteiger partial charge in [0.2, 0.25) is 0 Å². The van der Waals surface area contributed by atoms with E-state index in [0.717, 1.165) is 24.6 Å². The van der Waals surface area contributed by atoms with E-state index in [2.05, 4.69) is 21.2 Å². The van der Waals surface area contributed by atoms with E-state index in [0.29, 0.717) is 4.47 Å². The molecule has 1 aliphatic rings. The van der Waals surface area contributed by atoms with Gasteiger partial charge in [-0.25, -0.2) is 4.39 Å². The van der Waals surface area contributed by atoms with Crippen molar-refractivity contribution in [2.24, 2.45) is 5.92 Å². The Morgan fingerprint density at radius 1 is 1.43 bits per heavy atom. The second-order valence-electron chi connectivity index (χ2n) is 3.79. The Kier molecular flexibility index (Phi) is 3.19. The van der Waals surface area contributed by atoms with Gasteiger partial charge in [0.15, 0.2) is 0 Å². The average Bonchev–Trinajstić information content (AvgIpc) is 2.96. The van der Waals surface area contributed by atoms with Crippen LogP contribution in [0.5, 0.6) is 0 Å². The van der Waals surface area contributed by atoms with Crippen LogP contribution in [0, 0.1) is 11.7 Å². The summed E-state index contributed by atoms with van der Waals surface area (Å²) in [5.74, 6) is 0.679. The molecule has 1 aliphatic carbocycles. The van der Waals surface area contributed by atoms with E-state index in [4.69, 9.17) is 0 Å².